The molecule has 2 unspecified atom stereocenters. The highest BCUT2D eigenvalue weighted by Gasteiger charge is 2.23. The summed E-state index contributed by atoms with van der Waals surface area (Å²) in [6, 6.07) is 12.4. The first-order valence-electron chi connectivity index (χ1n) is 12.9. The van der Waals surface area contributed by atoms with Crippen molar-refractivity contribution in [3.8, 4) is 11.1 Å². The molecule has 2 aromatic carbocycles. The molecule has 0 aromatic heterocycles. The number of hydrogen-bond donors (Lipinski definition) is 3. The molecule has 0 radical (unpaired) electrons. The monoisotopic (exact) mass is 513 g/mol. The lowest BCUT2D eigenvalue weighted by Crippen LogP contribution is -2.41. The van der Waals surface area contributed by atoms with E-state index < -0.39 is 17.9 Å². The van der Waals surface area contributed by atoms with Crippen molar-refractivity contribution in [2.24, 2.45) is 5.92 Å². The molecule has 196 valence electrons. The molecule has 1 saturated carbocycles. The number of thioether (sulfide) groups is 1. The first-order valence-corrected chi connectivity index (χ1v) is 14.3. The minimum atomic E-state index is -1.03. The van der Waals surface area contributed by atoms with Crippen LogP contribution in [0.25, 0.3) is 11.1 Å². The molecule has 0 aliphatic heterocycles. The van der Waals surface area contributed by atoms with Crippen molar-refractivity contribution in [2.45, 2.75) is 70.6 Å². The second-order valence-corrected chi connectivity index (χ2v) is 10.7. The van der Waals surface area contributed by atoms with Crippen LogP contribution in [0.2, 0.25) is 0 Å². The smallest absolute Gasteiger partial charge is 0.326 e. The molecule has 0 spiro atoms. The molecule has 7 heteroatoms. The fourth-order valence-corrected chi connectivity index (χ4v) is 5.38. The van der Waals surface area contributed by atoms with Crippen molar-refractivity contribution < 1.29 is 24.5 Å². The van der Waals surface area contributed by atoms with Crippen LogP contribution in [0.15, 0.2) is 42.5 Å². The topological polar surface area (TPSA) is 95.9 Å². The summed E-state index contributed by atoms with van der Waals surface area (Å²) >= 11 is 1.55. The van der Waals surface area contributed by atoms with Gasteiger partial charge in [-0.05, 0) is 72.1 Å². The molecule has 3 N–H and O–H groups in total. The molecule has 0 saturated heterocycles. The van der Waals surface area contributed by atoms with Crippen LogP contribution in [0, 0.1) is 12.8 Å². The predicted octanol–water partition coefficient (Wildman–Crippen LogP) is 5.45. The summed E-state index contributed by atoms with van der Waals surface area (Å²) in [5, 5.41) is 22.2. The Labute approximate surface area is 218 Å². The number of carbonyl (C=O) groups is 2. The van der Waals surface area contributed by atoms with Gasteiger partial charge in [-0.3, -0.25) is 4.79 Å². The van der Waals surface area contributed by atoms with Gasteiger partial charge in [0.25, 0.3) is 5.91 Å². The first-order chi connectivity index (χ1) is 17.4. The average Bonchev–Trinajstić information content (AvgIpc) is 2.89. The Balaban J connectivity index is 1.81. The predicted molar refractivity (Wildman–Crippen MR) is 145 cm³/mol. The number of ether oxygens (including phenoxy) is 1. The molecule has 3 rings (SSSR count). The molecule has 1 aliphatic rings. The standard InChI is InChI=1S/C29H39NO5S/c1-20-8-6-7-11-24(20)26-17-22(19-35-23(18-31)16-21-9-4-3-5-10-21)12-13-25(26)28(32)30-27(29(33)34)14-15-36-2/h6-8,11-13,17,21,23,27,31H,3-5,9-10,14-16,18-19H2,1-2H3,(H,30,32)(H,33,34). The summed E-state index contributed by atoms with van der Waals surface area (Å²) in [7, 11) is 0. The lowest BCUT2D eigenvalue weighted by Gasteiger charge is -2.26. The second-order valence-electron chi connectivity index (χ2n) is 9.70. The Morgan fingerprint density at radius 2 is 1.86 bits per heavy atom. The number of aliphatic carboxylic acids is 1. The van der Waals surface area contributed by atoms with Crippen molar-refractivity contribution in [3.05, 3.63) is 59.2 Å². The van der Waals surface area contributed by atoms with Gasteiger partial charge in [0.05, 0.1) is 19.3 Å². The van der Waals surface area contributed by atoms with Gasteiger partial charge in [0.2, 0.25) is 0 Å². The van der Waals surface area contributed by atoms with E-state index in [0.717, 1.165) is 28.7 Å². The van der Waals surface area contributed by atoms with Gasteiger partial charge >= 0.3 is 5.97 Å². The maximum atomic E-state index is 13.2. The second kappa shape index (κ2) is 14.4. The van der Waals surface area contributed by atoms with Gasteiger partial charge in [-0.1, -0.05) is 62.4 Å². The number of hydrogen-bond acceptors (Lipinski definition) is 5. The summed E-state index contributed by atoms with van der Waals surface area (Å²) < 4.78 is 6.11. The molecule has 2 aromatic rings. The normalized spacial score (nSPS) is 15.9. The molecule has 2 atom stereocenters. The van der Waals surface area contributed by atoms with Gasteiger partial charge < -0.3 is 20.3 Å². The summed E-state index contributed by atoms with van der Waals surface area (Å²) in [6.45, 7) is 2.32. The number of aliphatic hydroxyl groups is 1. The van der Waals surface area contributed by atoms with Gasteiger partial charge in [0.1, 0.15) is 6.04 Å². The zero-order chi connectivity index (χ0) is 25.9. The molecule has 36 heavy (non-hydrogen) atoms. The summed E-state index contributed by atoms with van der Waals surface area (Å²) in [5.74, 6) is -0.184. The van der Waals surface area contributed by atoms with Crippen LogP contribution < -0.4 is 5.32 Å². The van der Waals surface area contributed by atoms with Crippen LogP contribution >= 0.6 is 11.8 Å². The number of carbonyl (C=O) groups excluding carboxylic acids is 1. The Kier molecular flexibility index (Phi) is 11.3. The molecule has 0 heterocycles. The Hall–Kier alpha value is -2.35. The Morgan fingerprint density at radius 1 is 1.11 bits per heavy atom. The fourth-order valence-electron chi connectivity index (χ4n) is 4.91. The summed E-state index contributed by atoms with van der Waals surface area (Å²) in [5.41, 5.74) is 4.02. The third-order valence-electron chi connectivity index (χ3n) is 6.99. The number of amides is 1. The highest BCUT2D eigenvalue weighted by atomic mass is 32.2. The highest BCUT2D eigenvalue weighted by Crippen LogP contribution is 2.30. The van der Waals surface area contributed by atoms with Gasteiger partial charge in [-0.2, -0.15) is 11.8 Å². The van der Waals surface area contributed by atoms with Crippen LogP contribution in [0.1, 0.15) is 66.4 Å². The fraction of sp³-hybridized carbons (Fsp3) is 0.517. The van der Waals surface area contributed by atoms with Crippen molar-refractivity contribution in [1.29, 1.82) is 0 Å². The number of aryl methyl sites for hydroxylation is 1. The number of benzene rings is 2. The Bertz CT molecular complexity index is 1000. The van der Waals surface area contributed by atoms with Crippen LogP contribution in [0.4, 0.5) is 0 Å². The SMILES string of the molecule is CSCCC(NC(=O)c1ccc(COC(CO)CC2CCCCC2)cc1-c1ccccc1C)C(=O)O. The summed E-state index contributed by atoms with van der Waals surface area (Å²) in [4.78, 5) is 24.9. The van der Waals surface area contributed by atoms with E-state index >= 15 is 0 Å². The van der Waals surface area contributed by atoms with Crippen LogP contribution in [0.3, 0.4) is 0 Å². The van der Waals surface area contributed by atoms with E-state index in [9.17, 15) is 19.8 Å². The molecule has 6 nitrogen and oxygen atoms in total. The summed E-state index contributed by atoms with van der Waals surface area (Å²) in [6.07, 6.45) is 9.15. The largest absolute Gasteiger partial charge is 0.480 e. The number of carboxylic acids is 1. The van der Waals surface area contributed by atoms with E-state index in [4.69, 9.17) is 4.74 Å². The zero-order valence-electron chi connectivity index (χ0n) is 21.4. The maximum Gasteiger partial charge on any atom is 0.326 e. The average molecular weight is 514 g/mol. The number of carboxylic acid groups (broad SMARTS) is 1. The van der Waals surface area contributed by atoms with Crippen LogP contribution in [-0.2, 0) is 16.1 Å². The van der Waals surface area contributed by atoms with Crippen molar-refractivity contribution in [3.63, 3.8) is 0 Å². The molecule has 1 aliphatic carbocycles. The van der Waals surface area contributed by atoms with Crippen molar-refractivity contribution in [1.82, 2.24) is 5.32 Å². The maximum absolute atomic E-state index is 13.2. The minimum Gasteiger partial charge on any atom is -0.480 e. The Morgan fingerprint density at radius 3 is 2.53 bits per heavy atom. The van der Waals surface area contributed by atoms with Gasteiger partial charge in [-0.25, -0.2) is 4.79 Å². The zero-order valence-corrected chi connectivity index (χ0v) is 22.2. The van der Waals surface area contributed by atoms with Gasteiger partial charge in [0, 0.05) is 5.56 Å². The van der Waals surface area contributed by atoms with E-state index in [1.54, 1.807) is 17.8 Å². The molecular weight excluding hydrogens is 474 g/mol. The highest BCUT2D eigenvalue weighted by molar-refractivity contribution is 7.98. The third kappa shape index (κ3) is 8.08. The molecule has 0 bridgehead atoms. The number of nitrogens with one attached hydrogen (secondary N) is 1. The molecule has 1 amide bonds. The number of aliphatic hydroxyl groups excluding tert-OH is 1. The van der Waals surface area contributed by atoms with Gasteiger partial charge in [-0.15, -0.1) is 0 Å². The van der Waals surface area contributed by atoms with Crippen molar-refractivity contribution in [2.75, 3.05) is 18.6 Å². The third-order valence-corrected chi connectivity index (χ3v) is 7.63. The van der Waals surface area contributed by atoms with Gasteiger partial charge in [0.15, 0.2) is 0 Å². The first kappa shape index (κ1) is 28.2. The van der Waals surface area contributed by atoms with Crippen LogP contribution in [-0.4, -0.2) is 52.9 Å². The molecule has 1 fully saturated rings. The van der Waals surface area contributed by atoms with E-state index in [2.05, 4.69) is 5.32 Å². The quantitative estimate of drug-likeness (QED) is 0.330. The number of rotatable bonds is 13. The van der Waals surface area contributed by atoms with E-state index in [-0.39, 0.29) is 12.7 Å². The lowest BCUT2D eigenvalue weighted by atomic mass is 9.85. The van der Waals surface area contributed by atoms with Crippen LogP contribution in [0.5, 0.6) is 0 Å². The molecular formula is C29H39NO5S. The van der Waals surface area contributed by atoms with E-state index in [0.29, 0.717) is 30.3 Å². The van der Waals surface area contributed by atoms with E-state index in [1.807, 2.05) is 49.6 Å². The lowest BCUT2D eigenvalue weighted by molar-refractivity contribution is -0.139. The minimum absolute atomic E-state index is 0.00569. The van der Waals surface area contributed by atoms with E-state index in [1.165, 1.54) is 32.1 Å². The van der Waals surface area contributed by atoms with Crippen molar-refractivity contribution >= 4 is 23.6 Å².